The summed E-state index contributed by atoms with van der Waals surface area (Å²) in [4.78, 5) is 10.9. The Morgan fingerprint density at radius 3 is 2.50 bits per heavy atom. The molecule has 0 heterocycles. The quantitative estimate of drug-likeness (QED) is 0.906. The van der Waals surface area contributed by atoms with E-state index in [-0.39, 0.29) is 5.56 Å². The second kappa shape index (κ2) is 5.96. The van der Waals surface area contributed by atoms with E-state index in [0.29, 0.717) is 21.7 Å². The lowest BCUT2D eigenvalue weighted by Gasteiger charge is -2.11. The maximum Gasteiger partial charge on any atom is 0.336 e. The van der Waals surface area contributed by atoms with Gasteiger partial charge in [0.25, 0.3) is 0 Å². The number of benzene rings is 2. The summed E-state index contributed by atoms with van der Waals surface area (Å²) < 4.78 is 11.4. The van der Waals surface area contributed by atoms with Gasteiger partial charge >= 0.3 is 5.97 Å². The molecule has 20 heavy (non-hydrogen) atoms. The van der Waals surface area contributed by atoms with E-state index in [0.717, 1.165) is 5.56 Å². The molecule has 104 valence electrons. The number of ether oxygens (including phenoxy) is 2. The maximum absolute atomic E-state index is 10.9. The first kappa shape index (κ1) is 14.4. The molecule has 0 aromatic heterocycles. The zero-order valence-corrected chi connectivity index (χ0v) is 12.6. The SMILES string of the molecule is COc1cc(C)ccc1Oc1ccc(C(=O)O)c(Br)c1. The van der Waals surface area contributed by atoms with Gasteiger partial charge in [-0.1, -0.05) is 6.07 Å². The van der Waals surface area contributed by atoms with Crippen molar-refractivity contribution in [2.24, 2.45) is 0 Å². The van der Waals surface area contributed by atoms with Crippen molar-refractivity contribution in [3.63, 3.8) is 0 Å². The Morgan fingerprint density at radius 1 is 1.15 bits per heavy atom. The van der Waals surface area contributed by atoms with Gasteiger partial charge in [-0.25, -0.2) is 4.79 Å². The third-order valence-corrected chi connectivity index (χ3v) is 3.37. The average Bonchev–Trinajstić information content (AvgIpc) is 2.40. The van der Waals surface area contributed by atoms with Crippen molar-refractivity contribution in [3.8, 4) is 17.2 Å². The Labute approximate surface area is 125 Å². The summed E-state index contributed by atoms with van der Waals surface area (Å²) in [6.07, 6.45) is 0. The molecule has 0 saturated carbocycles. The lowest BCUT2D eigenvalue weighted by molar-refractivity contribution is 0.0696. The Morgan fingerprint density at radius 2 is 1.90 bits per heavy atom. The molecule has 2 aromatic carbocycles. The average molecular weight is 337 g/mol. The van der Waals surface area contributed by atoms with E-state index in [1.807, 2.05) is 25.1 Å². The van der Waals surface area contributed by atoms with Gasteiger partial charge in [-0.15, -0.1) is 0 Å². The third kappa shape index (κ3) is 3.11. The highest BCUT2D eigenvalue weighted by Crippen LogP contribution is 2.33. The molecule has 0 aliphatic carbocycles. The van der Waals surface area contributed by atoms with Gasteiger partial charge in [-0.2, -0.15) is 0 Å². The second-order valence-corrected chi connectivity index (χ2v) is 5.06. The lowest BCUT2D eigenvalue weighted by atomic mass is 10.2. The number of aromatic carboxylic acids is 1. The van der Waals surface area contributed by atoms with E-state index in [4.69, 9.17) is 14.6 Å². The summed E-state index contributed by atoms with van der Waals surface area (Å²) in [6, 6.07) is 10.3. The summed E-state index contributed by atoms with van der Waals surface area (Å²) in [5, 5.41) is 8.97. The van der Waals surface area contributed by atoms with E-state index in [1.54, 1.807) is 19.2 Å². The number of halogens is 1. The number of carboxylic acids is 1. The molecule has 0 spiro atoms. The Balaban J connectivity index is 2.31. The number of methoxy groups -OCH3 is 1. The lowest BCUT2D eigenvalue weighted by Crippen LogP contribution is -1.98. The number of rotatable bonds is 4. The topological polar surface area (TPSA) is 55.8 Å². The molecule has 2 rings (SSSR count). The van der Waals surface area contributed by atoms with Gasteiger partial charge in [0.2, 0.25) is 0 Å². The molecule has 1 N–H and O–H groups in total. The van der Waals surface area contributed by atoms with E-state index >= 15 is 0 Å². The van der Waals surface area contributed by atoms with Crippen LogP contribution in [0.5, 0.6) is 17.2 Å². The van der Waals surface area contributed by atoms with Crippen LogP contribution in [0.3, 0.4) is 0 Å². The molecule has 0 aliphatic rings. The predicted octanol–water partition coefficient (Wildman–Crippen LogP) is 4.26. The molecule has 0 bridgehead atoms. The van der Waals surface area contributed by atoms with Crippen LogP contribution in [0.15, 0.2) is 40.9 Å². The molecular formula is C15H13BrO4. The number of hydrogen-bond acceptors (Lipinski definition) is 3. The van der Waals surface area contributed by atoms with Crippen molar-refractivity contribution in [1.29, 1.82) is 0 Å². The van der Waals surface area contributed by atoms with Crippen LogP contribution in [0.1, 0.15) is 15.9 Å². The highest BCUT2D eigenvalue weighted by Gasteiger charge is 2.11. The van der Waals surface area contributed by atoms with Crippen LogP contribution >= 0.6 is 15.9 Å². The molecule has 2 aromatic rings. The highest BCUT2D eigenvalue weighted by molar-refractivity contribution is 9.10. The molecule has 0 atom stereocenters. The van der Waals surface area contributed by atoms with Gasteiger partial charge in [-0.3, -0.25) is 0 Å². The second-order valence-electron chi connectivity index (χ2n) is 4.20. The van der Waals surface area contributed by atoms with Gasteiger partial charge in [0.15, 0.2) is 11.5 Å². The molecule has 4 nitrogen and oxygen atoms in total. The van der Waals surface area contributed by atoms with Crippen molar-refractivity contribution in [1.82, 2.24) is 0 Å². The summed E-state index contributed by atoms with van der Waals surface area (Å²) in [6.45, 7) is 1.96. The fourth-order valence-corrected chi connectivity index (χ4v) is 2.25. The van der Waals surface area contributed by atoms with Crippen LogP contribution in [0.25, 0.3) is 0 Å². The minimum atomic E-state index is -0.989. The molecule has 0 fully saturated rings. The third-order valence-electron chi connectivity index (χ3n) is 2.72. The Kier molecular flexibility index (Phi) is 4.29. The van der Waals surface area contributed by atoms with Gasteiger partial charge in [0, 0.05) is 4.47 Å². The van der Waals surface area contributed by atoms with E-state index < -0.39 is 5.97 Å². The first-order chi connectivity index (χ1) is 9.51. The standard InChI is InChI=1S/C15H13BrO4/c1-9-3-6-13(14(7-9)19-2)20-10-4-5-11(15(17)18)12(16)8-10/h3-8H,1-2H3,(H,17,18). The first-order valence-electron chi connectivity index (χ1n) is 5.86. The van der Waals surface area contributed by atoms with E-state index in [9.17, 15) is 4.79 Å². The monoisotopic (exact) mass is 336 g/mol. The zero-order chi connectivity index (χ0) is 14.7. The van der Waals surface area contributed by atoms with Crippen molar-refractivity contribution < 1.29 is 19.4 Å². The fraction of sp³-hybridized carbons (Fsp3) is 0.133. The van der Waals surface area contributed by atoms with Gasteiger partial charge in [-0.05, 0) is 58.7 Å². The fourth-order valence-electron chi connectivity index (χ4n) is 1.72. The van der Waals surface area contributed by atoms with E-state index in [2.05, 4.69) is 15.9 Å². The molecule has 5 heteroatoms. The Hall–Kier alpha value is -2.01. The van der Waals surface area contributed by atoms with Crippen molar-refractivity contribution in [3.05, 3.63) is 52.0 Å². The molecular weight excluding hydrogens is 324 g/mol. The van der Waals surface area contributed by atoms with Crippen LogP contribution in [0.2, 0.25) is 0 Å². The van der Waals surface area contributed by atoms with Gasteiger partial charge in [0.1, 0.15) is 5.75 Å². The van der Waals surface area contributed by atoms with Crippen LogP contribution in [-0.2, 0) is 0 Å². The van der Waals surface area contributed by atoms with Crippen molar-refractivity contribution in [2.45, 2.75) is 6.92 Å². The number of carboxylic acid groups (broad SMARTS) is 1. The normalized spacial score (nSPS) is 10.2. The summed E-state index contributed by atoms with van der Waals surface area (Å²) in [7, 11) is 1.57. The van der Waals surface area contributed by atoms with Gasteiger partial charge in [0.05, 0.1) is 12.7 Å². The number of carbonyl (C=O) groups is 1. The van der Waals surface area contributed by atoms with Crippen molar-refractivity contribution >= 4 is 21.9 Å². The number of aryl methyl sites for hydroxylation is 1. The van der Waals surface area contributed by atoms with Crippen LogP contribution in [-0.4, -0.2) is 18.2 Å². The highest BCUT2D eigenvalue weighted by atomic mass is 79.9. The molecule has 0 amide bonds. The van der Waals surface area contributed by atoms with Crippen LogP contribution in [0.4, 0.5) is 0 Å². The summed E-state index contributed by atoms with van der Waals surface area (Å²) in [5.41, 5.74) is 1.25. The molecule has 0 aliphatic heterocycles. The maximum atomic E-state index is 10.9. The van der Waals surface area contributed by atoms with Crippen molar-refractivity contribution in [2.75, 3.05) is 7.11 Å². The number of hydrogen-bond donors (Lipinski definition) is 1. The first-order valence-corrected chi connectivity index (χ1v) is 6.66. The zero-order valence-electron chi connectivity index (χ0n) is 11.0. The molecule has 0 saturated heterocycles. The molecule has 0 unspecified atom stereocenters. The van der Waals surface area contributed by atoms with Crippen LogP contribution in [0, 0.1) is 6.92 Å². The minimum absolute atomic E-state index is 0.188. The Bertz CT molecular complexity index is 652. The summed E-state index contributed by atoms with van der Waals surface area (Å²) >= 11 is 3.22. The minimum Gasteiger partial charge on any atom is -0.493 e. The smallest absolute Gasteiger partial charge is 0.336 e. The van der Waals surface area contributed by atoms with Crippen LogP contribution < -0.4 is 9.47 Å². The molecule has 0 radical (unpaired) electrons. The van der Waals surface area contributed by atoms with Gasteiger partial charge < -0.3 is 14.6 Å². The van der Waals surface area contributed by atoms with E-state index in [1.165, 1.54) is 6.07 Å². The largest absolute Gasteiger partial charge is 0.493 e. The predicted molar refractivity (Wildman–Crippen MR) is 78.9 cm³/mol. The summed E-state index contributed by atoms with van der Waals surface area (Å²) in [5.74, 6) is 0.747.